The van der Waals surface area contributed by atoms with Crippen molar-refractivity contribution in [3.63, 3.8) is 0 Å². The van der Waals surface area contributed by atoms with Crippen molar-refractivity contribution in [2.75, 3.05) is 6.54 Å². The first kappa shape index (κ1) is 14.8. The van der Waals surface area contributed by atoms with Gasteiger partial charge in [0.05, 0.1) is 0 Å². The molecule has 0 spiro atoms. The minimum Gasteiger partial charge on any atom is -0.310 e. The number of rotatable bonds is 5. The summed E-state index contributed by atoms with van der Waals surface area (Å²) in [6.45, 7) is 5.39. The van der Waals surface area contributed by atoms with Crippen molar-refractivity contribution in [2.24, 2.45) is 0 Å². The molecule has 1 unspecified atom stereocenters. The zero-order valence-corrected chi connectivity index (χ0v) is 13.3. The Morgan fingerprint density at radius 1 is 0.909 bits per heavy atom. The molecule has 3 rings (SSSR count). The van der Waals surface area contributed by atoms with Gasteiger partial charge in [-0.1, -0.05) is 72.3 Å². The molecular formula is C21H23N. The predicted octanol–water partition coefficient (Wildman–Crippen LogP) is 5.04. The summed E-state index contributed by atoms with van der Waals surface area (Å²) in [5.74, 6) is 0. The summed E-state index contributed by atoms with van der Waals surface area (Å²) in [6.07, 6.45) is 1.07. The Morgan fingerprint density at radius 2 is 1.68 bits per heavy atom. The second kappa shape index (κ2) is 6.76. The van der Waals surface area contributed by atoms with Gasteiger partial charge < -0.3 is 5.32 Å². The van der Waals surface area contributed by atoms with Gasteiger partial charge in [0, 0.05) is 6.04 Å². The highest BCUT2D eigenvalue weighted by Gasteiger charge is 2.08. The molecule has 3 aromatic rings. The summed E-state index contributed by atoms with van der Waals surface area (Å²) in [5.41, 5.74) is 4.11. The molecule has 22 heavy (non-hydrogen) atoms. The first-order valence-electron chi connectivity index (χ1n) is 8.00. The molecule has 0 aliphatic heterocycles. The van der Waals surface area contributed by atoms with Crippen LogP contribution in [0.25, 0.3) is 10.8 Å². The monoisotopic (exact) mass is 289 g/mol. The second-order valence-corrected chi connectivity index (χ2v) is 5.98. The average Bonchev–Trinajstić information content (AvgIpc) is 2.54. The number of hydrogen-bond acceptors (Lipinski definition) is 1. The second-order valence-electron chi connectivity index (χ2n) is 5.98. The highest BCUT2D eigenvalue weighted by Crippen LogP contribution is 2.23. The van der Waals surface area contributed by atoms with Gasteiger partial charge in [-0.2, -0.15) is 0 Å². The van der Waals surface area contributed by atoms with Crippen LogP contribution >= 0.6 is 0 Å². The third kappa shape index (κ3) is 3.37. The molecule has 0 aliphatic rings. The van der Waals surface area contributed by atoms with Crippen LogP contribution in [0.15, 0.2) is 66.7 Å². The molecule has 0 aliphatic carbocycles. The van der Waals surface area contributed by atoms with E-state index in [4.69, 9.17) is 0 Å². The van der Waals surface area contributed by atoms with Crippen LogP contribution in [0, 0.1) is 6.92 Å². The molecule has 1 heteroatoms. The first-order valence-corrected chi connectivity index (χ1v) is 8.00. The van der Waals surface area contributed by atoms with E-state index in [0.29, 0.717) is 6.04 Å². The molecule has 0 heterocycles. The molecule has 0 amide bonds. The zero-order chi connectivity index (χ0) is 15.4. The maximum absolute atomic E-state index is 3.66. The Kier molecular flexibility index (Phi) is 4.55. The van der Waals surface area contributed by atoms with Crippen LogP contribution in [0.2, 0.25) is 0 Å². The van der Waals surface area contributed by atoms with Gasteiger partial charge in [0.1, 0.15) is 0 Å². The molecule has 112 valence electrons. The summed E-state index contributed by atoms with van der Waals surface area (Å²) in [7, 11) is 0. The summed E-state index contributed by atoms with van der Waals surface area (Å²) in [5, 5.41) is 6.32. The number of benzene rings is 3. The zero-order valence-electron chi connectivity index (χ0n) is 13.3. The van der Waals surface area contributed by atoms with Crippen LogP contribution in [0.5, 0.6) is 0 Å². The largest absolute Gasteiger partial charge is 0.310 e. The number of hydrogen-bond donors (Lipinski definition) is 1. The lowest BCUT2D eigenvalue weighted by Gasteiger charge is -2.16. The predicted molar refractivity (Wildman–Crippen MR) is 95.2 cm³/mol. The normalized spacial score (nSPS) is 12.5. The molecule has 1 N–H and O–H groups in total. The molecule has 3 aromatic carbocycles. The fraction of sp³-hybridized carbons (Fsp3) is 0.238. The third-order valence-corrected chi connectivity index (χ3v) is 4.24. The highest BCUT2D eigenvalue weighted by atomic mass is 14.9. The molecule has 1 atom stereocenters. The van der Waals surface area contributed by atoms with Crippen molar-refractivity contribution in [3.8, 4) is 0 Å². The van der Waals surface area contributed by atoms with Gasteiger partial charge in [0.2, 0.25) is 0 Å². The SMILES string of the molecule is Cc1cccc(CCNC(C)c2cccc3ccccc23)c1. The van der Waals surface area contributed by atoms with E-state index in [0.717, 1.165) is 13.0 Å². The van der Waals surface area contributed by atoms with Gasteiger partial charge in [-0.15, -0.1) is 0 Å². The number of nitrogens with one attached hydrogen (secondary N) is 1. The van der Waals surface area contributed by atoms with E-state index in [2.05, 4.69) is 85.9 Å². The van der Waals surface area contributed by atoms with Gasteiger partial charge in [-0.3, -0.25) is 0 Å². The molecule has 0 saturated carbocycles. The Bertz CT molecular complexity index is 755. The quantitative estimate of drug-likeness (QED) is 0.693. The smallest absolute Gasteiger partial charge is 0.0298 e. The molecule has 1 nitrogen and oxygen atoms in total. The van der Waals surface area contributed by atoms with Crippen LogP contribution < -0.4 is 5.32 Å². The van der Waals surface area contributed by atoms with Crippen molar-refractivity contribution >= 4 is 10.8 Å². The van der Waals surface area contributed by atoms with E-state index in [9.17, 15) is 0 Å². The Labute approximate surface area is 133 Å². The fourth-order valence-corrected chi connectivity index (χ4v) is 3.04. The van der Waals surface area contributed by atoms with Crippen molar-refractivity contribution in [2.45, 2.75) is 26.3 Å². The molecule has 0 fully saturated rings. The summed E-state index contributed by atoms with van der Waals surface area (Å²) in [6, 6.07) is 24.3. The van der Waals surface area contributed by atoms with Crippen LogP contribution in [-0.4, -0.2) is 6.54 Å². The maximum Gasteiger partial charge on any atom is 0.0298 e. The first-order chi connectivity index (χ1) is 10.7. The minimum absolute atomic E-state index is 0.357. The van der Waals surface area contributed by atoms with E-state index < -0.39 is 0 Å². The van der Waals surface area contributed by atoms with E-state index in [1.165, 1.54) is 27.5 Å². The van der Waals surface area contributed by atoms with E-state index >= 15 is 0 Å². The standard InChI is InChI=1S/C21H23N/c1-16-7-5-8-18(15-16)13-14-22-17(2)20-12-6-10-19-9-3-4-11-21(19)20/h3-12,15,17,22H,13-14H2,1-2H3. The topological polar surface area (TPSA) is 12.0 Å². The Morgan fingerprint density at radius 3 is 2.55 bits per heavy atom. The lowest BCUT2D eigenvalue weighted by Crippen LogP contribution is -2.21. The highest BCUT2D eigenvalue weighted by molar-refractivity contribution is 5.86. The number of aryl methyl sites for hydroxylation is 1. The van der Waals surface area contributed by atoms with E-state index in [-0.39, 0.29) is 0 Å². The number of fused-ring (bicyclic) bond motifs is 1. The fourth-order valence-electron chi connectivity index (χ4n) is 3.04. The van der Waals surface area contributed by atoms with E-state index in [1.807, 2.05) is 0 Å². The maximum atomic E-state index is 3.66. The van der Waals surface area contributed by atoms with Crippen molar-refractivity contribution < 1.29 is 0 Å². The summed E-state index contributed by atoms with van der Waals surface area (Å²) in [4.78, 5) is 0. The molecule has 0 radical (unpaired) electrons. The van der Waals surface area contributed by atoms with Gasteiger partial charge >= 0.3 is 0 Å². The average molecular weight is 289 g/mol. The molecule has 0 bridgehead atoms. The molecular weight excluding hydrogens is 266 g/mol. The van der Waals surface area contributed by atoms with Gasteiger partial charge in [0.25, 0.3) is 0 Å². The van der Waals surface area contributed by atoms with Gasteiger partial charge in [-0.05, 0) is 48.7 Å². The van der Waals surface area contributed by atoms with Gasteiger partial charge in [0.15, 0.2) is 0 Å². The Hall–Kier alpha value is -2.12. The summed E-state index contributed by atoms with van der Waals surface area (Å²) < 4.78 is 0. The third-order valence-electron chi connectivity index (χ3n) is 4.24. The van der Waals surface area contributed by atoms with Crippen LogP contribution in [-0.2, 0) is 6.42 Å². The van der Waals surface area contributed by atoms with Crippen LogP contribution in [0.3, 0.4) is 0 Å². The summed E-state index contributed by atoms with van der Waals surface area (Å²) >= 11 is 0. The lowest BCUT2D eigenvalue weighted by molar-refractivity contribution is 0.580. The van der Waals surface area contributed by atoms with Crippen LogP contribution in [0.4, 0.5) is 0 Å². The Balaban J connectivity index is 1.67. The van der Waals surface area contributed by atoms with E-state index in [1.54, 1.807) is 0 Å². The van der Waals surface area contributed by atoms with Crippen molar-refractivity contribution in [1.82, 2.24) is 5.32 Å². The van der Waals surface area contributed by atoms with Gasteiger partial charge in [-0.25, -0.2) is 0 Å². The minimum atomic E-state index is 0.357. The molecule has 0 saturated heterocycles. The lowest BCUT2D eigenvalue weighted by atomic mass is 9.99. The van der Waals surface area contributed by atoms with Crippen LogP contribution in [0.1, 0.15) is 29.7 Å². The van der Waals surface area contributed by atoms with Crippen molar-refractivity contribution in [3.05, 3.63) is 83.4 Å². The molecule has 0 aromatic heterocycles. The van der Waals surface area contributed by atoms with Crippen molar-refractivity contribution in [1.29, 1.82) is 0 Å².